The summed E-state index contributed by atoms with van der Waals surface area (Å²) in [7, 11) is 1.57. The highest BCUT2D eigenvalue weighted by molar-refractivity contribution is 6.42. The third-order valence-corrected chi connectivity index (χ3v) is 5.71. The van der Waals surface area contributed by atoms with Crippen LogP contribution in [0.1, 0.15) is 24.0 Å². The minimum Gasteiger partial charge on any atom is -0.493 e. The first kappa shape index (κ1) is 20.9. The van der Waals surface area contributed by atoms with Gasteiger partial charge >= 0.3 is 0 Å². The van der Waals surface area contributed by atoms with Crippen molar-refractivity contribution in [1.82, 2.24) is 10.2 Å². The number of rotatable bonds is 5. The van der Waals surface area contributed by atoms with Crippen molar-refractivity contribution in [3.05, 3.63) is 69.0 Å². The van der Waals surface area contributed by atoms with Crippen LogP contribution >= 0.6 is 23.2 Å². The molecular weight excluding hydrogens is 439 g/mol. The van der Waals surface area contributed by atoms with Crippen LogP contribution < -0.4 is 19.9 Å². The summed E-state index contributed by atoms with van der Waals surface area (Å²) < 4.78 is 16.7. The molecule has 9 heteroatoms. The van der Waals surface area contributed by atoms with Crippen LogP contribution in [0.3, 0.4) is 0 Å². The zero-order chi connectivity index (χ0) is 22.1. The molecule has 0 saturated carbocycles. The number of methoxy groups -OCH3 is 1. The highest BCUT2D eigenvalue weighted by Gasteiger charge is 2.36. The fourth-order valence-corrected chi connectivity index (χ4v) is 3.89. The number of ether oxygens (including phenoxy) is 3. The lowest BCUT2D eigenvalue weighted by Crippen LogP contribution is -2.21. The fourth-order valence-electron chi connectivity index (χ4n) is 3.59. The molecule has 0 spiro atoms. The average Bonchev–Trinajstić information content (AvgIpc) is 3.18. The molecule has 2 aromatic carbocycles. The monoisotopic (exact) mass is 456 g/mol. The van der Waals surface area contributed by atoms with E-state index in [2.05, 4.69) is 16.3 Å². The van der Waals surface area contributed by atoms with Crippen molar-refractivity contribution >= 4 is 23.2 Å². The normalized spacial score (nSPS) is 15.1. The van der Waals surface area contributed by atoms with E-state index in [0.717, 1.165) is 11.1 Å². The van der Waals surface area contributed by atoms with Gasteiger partial charge in [-0.25, -0.2) is 0 Å². The van der Waals surface area contributed by atoms with Gasteiger partial charge in [0.2, 0.25) is 11.8 Å². The molecule has 0 saturated heterocycles. The molecule has 1 aliphatic rings. The van der Waals surface area contributed by atoms with E-state index in [1.807, 2.05) is 25.1 Å². The molecule has 4 rings (SSSR count). The van der Waals surface area contributed by atoms with Gasteiger partial charge in [0.15, 0.2) is 11.5 Å². The van der Waals surface area contributed by atoms with Crippen LogP contribution in [0.5, 0.6) is 17.4 Å². The van der Waals surface area contributed by atoms with Crippen molar-refractivity contribution in [3.8, 4) is 34.7 Å². The Balaban J connectivity index is 1.90. The van der Waals surface area contributed by atoms with Gasteiger partial charge < -0.3 is 19.9 Å². The number of nitriles is 1. The number of fused-ring (bicyclic) bond motifs is 1. The number of hydrogen-bond acceptors (Lipinski definition) is 6. The number of halogens is 2. The second-order valence-corrected chi connectivity index (χ2v) is 7.53. The molecule has 1 aromatic heterocycles. The topological polar surface area (TPSA) is 106 Å². The Labute approximate surface area is 188 Å². The summed E-state index contributed by atoms with van der Waals surface area (Å²) in [5, 5.41) is 17.9. The van der Waals surface area contributed by atoms with E-state index in [0.29, 0.717) is 39.4 Å². The molecule has 1 aliphatic heterocycles. The summed E-state index contributed by atoms with van der Waals surface area (Å²) >= 11 is 12.4. The van der Waals surface area contributed by atoms with E-state index in [9.17, 15) is 5.26 Å². The maximum atomic E-state index is 9.83. The molecule has 7 nitrogen and oxygen atoms in total. The lowest BCUT2D eigenvalue weighted by atomic mass is 9.83. The van der Waals surface area contributed by atoms with Crippen LogP contribution in [-0.4, -0.2) is 23.9 Å². The second kappa shape index (κ2) is 8.42. The Hall–Kier alpha value is -3.34. The smallest absolute Gasteiger partial charge is 0.244 e. The van der Waals surface area contributed by atoms with E-state index in [1.165, 1.54) is 0 Å². The molecule has 0 aliphatic carbocycles. The molecule has 0 bridgehead atoms. The van der Waals surface area contributed by atoms with E-state index in [4.69, 9.17) is 43.1 Å². The number of nitrogens with two attached hydrogens (primary N) is 1. The van der Waals surface area contributed by atoms with Crippen molar-refractivity contribution in [3.63, 3.8) is 0 Å². The molecule has 2 heterocycles. The molecule has 0 amide bonds. The van der Waals surface area contributed by atoms with Crippen molar-refractivity contribution in [2.75, 3.05) is 13.7 Å². The fraction of sp³-hybridized carbons (Fsp3) is 0.182. The van der Waals surface area contributed by atoms with Gasteiger partial charge in [0.1, 0.15) is 11.6 Å². The number of nitrogens with zero attached hydrogens (tertiary/aromatic N) is 2. The maximum absolute atomic E-state index is 9.83. The second-order valence-electron chi connectivity index (χ2n) is 6.71. The molecule has 0 radical (unpaired) electrons. The SMILES string of the molecule is CCOc1ccc(-c2[nH]nc3c2C(c2ccc(Cl)c(Cl)c2)C(C#N)=C(N)O3)cc1OC. The van der Waals surface area contributed by atoms with Gasteiger partial charge in [-0.1, -0.05) is 29.3 Å². The molecule has 3 aromatic rings. The van der Waals surface area contributed by atoms with Gasteiger partial charge in [-0.3, -0.25) is 5.10 Å². The van der Waals surface area contributed by atoms with Gasteiger partial charge in [0.05, 0.1) is 40.9 Å². The van der Waals surface area contributed by atoms with Crippen molar-refractivity contribution in [2.45, 2.75) is 12.8 Å². The quantitative estimate of drug-likeness (QED) is 0.558. The van der Waals surface area contributed by atoms with Crippen LogP contribution in [0.2, 0.25) is 10.0 Å². The number of H-pyrrole nitrogens is 1. The first-order valence-corrected chi connectivity index (χ1v) is 10.2. The van der Waals surface area contributed by atoms with E-state index < -0.39 is 5.92 Å². The summed E-state index contributed by atoms with van der Waals surface area (Å²) in [4.78, 5) is 0. The molecule has 1 unspecified atom stereocenters. The summed E-state index contributed by atoms with van der Waals surface area (Å²) in [6.07, 6.45) is 0. The zero-order valence-corrected chi connectivity index (χ0v) is 18.2. The van der Waals surface area contributed by atoms with Gasteiger partial charge in [0, 0.05) is 5.56 Å². The van der Waals surface area contributed by atoms with Gasteiger partial charge in [0.25, 0.3) is 0 Å². The molecule has 3 N–H and O–H groups in total. The zero-order valence-electron chi connectivity index (χ0n) is 16.7. The predicted molar refractivity (Wildman–Crippen MR) is 118 cm³/mol. The molecule has 31 heavy (non-hydrogen) atoms. The standard InChI is InChI=1S/C22H18Cl2N4O3/c1-3-30-16-7-5-12(9-17(16)29-2)20-19-18(11-4-6-14(23)15(24)8-11)13(10-25)21(26)31-22(19)28-27-20/h4-9,18H,3,26H2,1-2H3,(H,27,28). The third kappa shape index (κ3) is 3.65. The van der Waals surface area contributed by atoms with E-state index in [1.54, 1.807) is 25.3 Å². The Morgan fingerprint density at radius 2 is 2.00 bits per heavy atom. The summed E-state index contributed by atoms with van der Waals surface area (Å²) in [5.74, 6) is 0.931. The minimum atomic E-state index is -0.546. The van der Waals surface area contributed by atoms with Crippen molar-refractivity contribution in [1.29, 1.82) is 5.26 Å². The third-order valence-electron chi connectivity index (χ3n) is 4.97. The van der Waals surface area contributed by atoms with Gasteiger partial charge in [-0.05, 0) is 42.8 Å². The summed E-state index contributed by atoms with van der Waals surface area (Å²) in [5.41, 5.74) is 9.12. The Morgan fingerprint density at radius 1 is 1.19 bits per heavy atom. The molecule has 1 atom stereocenters. The van der Waals surface area contributed by atoms with Crippen LogP contribution in [0.25, 0.3) is 11.3 Å². The predicted octanol–water partition coefficient (Wildman–Crippen LogP) is 5.01. The lowest BCUT2D eigenvalue weighted by Gasteiger charge is -2.24. The lowest BCUT2D eigenvalue weighted by molar-refractivity contribution is 0.311. The first-order chi connectivity index (χ1) is 15.0. The van der Waals surface area contributed by atoms with Gasteiger partial charge in [-0.15, -0.1) is 5.10 Å². The Morgan fingerprint density at radius 3 is 2.68 bits per heavy atom. The van der Waals surface area contributed by atoms with Crippen LogP contribution in [-0.2, 0) is 0 Å². The van der Waals surface area contributed by atoms with Crippen LogP contribution in [0.15, 0.2) is 47.9 Å². The van der Waals surface area contributed by atoms with Crippen LogP contribution in [0, 0.1) is 11.3 Å². The highest BCUT2D eigenvalue weighted by Crippen LogP contribution is 2.47. The number of hydrogen-bond donors (Lipinski definition) is 2. The summed E-state index contributed by atoms with van der Waals surface area (Å²) in [6.45, 7) is 2.41. The van der Waals surface area contributed by atoms with Crippen molar-refractivity contribution < 1.29 is 14.2 Å². The Kier molecular flexibility index (Phi) is 5.68. The summed E-state index contributed by atoms with van der Waals surface area (Å²) in [6, 6.07) is 12.9. The average molecular weight is 457 g/mol. The molecule has 158 valence electrons. The van der Waals surface area contributed by atoms with Crippen molar-refractivity contribution in [2.24, 2.45) is 5.73 Å². The van der Waals surface area contributed by atoms with E-state index in [-0.39, 0.29) is 17.3 Å². The number of nitrogens with one attached hydrogen (secondary N) is 1. The molecular formula is C22H18Cl2N4O3. The van der Waals surface area contributed by atoms with Crippen LogP contribution in [0.4, 0.5) is 0 Å². The number of allylic oxidation sites excluding steroid dienone is 1. The Bertz CT molecular complexity index is 1230. The van der Waals surface area contributed by atoms with Gasteiger partial charge in [-0.2, -0.15) is 5.26 Å². The highest BCUT2D eigenvalue weighted by atomic mass is 35.5. The molecule has 0 fully saturated rings. The number of aromatic amines is 1. The minimum absolute atomic E-state index is 0.00611. The van der Waals surface area contributed by atoms with E-state index >= 15 is 0 Å². The first-order valence-electron chi connectivity index (χ1n) is 9.40. The maximum Gasteiger partial charge on any atom is 0.244 e. The number of aromatic nitrogens is 2. The largest absolute Gasteiger partial charge is 0.493 e. The number of benzene rings is 2.